The minimum absolute atomic E-state index is 0.144. The second-order valence-electron chi connectivity index (χ2n) is 7.22. The molecular formula is C25H18FN5OS2. The van der Waals surface area contributed by atoms with Gasteiger partial charge in [0.05, 0.1) is 11.4 Å². The summed E-state index contributed by atoms with van der Waals surface area (Å²) < 4.78 is 15.1. The Kier molecular flexibility index (Phi) is 6.46. The van der Waals surface area contributed by atoms with Crippen molar-refractivity contribution in [3.05, 3.63) is 96.1 Å². The lowest BCUT2D eigenvalue weighted by Crippen LogP contribution is -2.14. The summed E-state index contributed by atoms with van der Waals surface area (Å²) in [5, 5.41) is 14.5. The number of hydrogen-bond donors (Lipinski definition) is 1. The van der Waals surface area contributed by atoms with Gasteiger partial charge >= 0.3 is 0 Å². The molecule has 2 aromatic heterocycles. The molecule has 9 heteroatoms. The minimum atomic E-state index is -0.302. The SMILES string of the molecule is O=C(CSc1nnc(-c2ccccc2)n1-c1ccccc1)Nc1nc(-c2ccc(F)cc2)cs1. The van der Waals surface area contributed by atoms with Crippen molar-refractivity contribution >= 4 is 34.1 Å². The van der Waals surface area contributed by atoms with Crippen LogP contribution < -0.4 is 5.32 Å². The summed E-state index contributed by atoms with van der Waals surface area (Å²) in [4.78, 5) is 17.1. The normalized spacial score (nSPS) is 10.9. The molecule has 34 heavy (non-hydrogen) atoms. The third-order valence-electron chi connectivity index (χ3n) is 4.90. The van der Waals surface area contributed by atoms with Gasteiger partial charge in [-0.25, -0.2) is 9.37 Å². The van der Waals surface area contributed by atoms with Crippen molar-refractivity contribution in [1.82, 2.24) is 19.7 Å². The number of para-hydroxylation sites is 1. The lowest BCUT2D eigenvalue weighted by atomic mass is 10.2. The maximum atomic E-state index is 13.2. The highest BCUT2D eigenvalue weighted by Gasteiger charge is 2.17. The van der Waals surface area contributed by atoms with Gasteiger partial charge in [-0.15, -0.1) is 21.5 Å². The lowest BCUT2D eigenvalue weighted by Gasteiger charge is -2.10. The van der Waals surface area contributed by atoms with Gasteiger partial charge in [-0.1, -0.05) is 60.3 Å². The molecule has 0 aliphatic rings. The molecule has 0 unspecified atom stereocenters. The van der Waals surface area contributed by atoms with Gasteiger partial charge in [0.2, 0.25) is 5.91 Å². The van der Waals surface area contributed by atoms with Gasteiger partial charge in [0, 0.05) is 22.2 Å². The van der Waals surface area contributed by atoms with E-state index < -0.39 is 0 Å². The summed E-state index contributed by atoms with van der Waals surface area (Å²) in [6, 6.07) is 25.7. The molecule has 2 heterocycles. The number of nitrogens with one attached hydrogen (secondary N) is 1. The Labute approximate surface area is 203 Å². The number of amides is 1. The van der Waals surface area contributed by atoms with Gasteiger partial charge in [0.15, 0.2) is 16.1 Å². The van der Waals surface area contributed by atoms with Crippen LogP contribution in [0.4, 0.5) is 9.52 Å². The van der Waals surface area contributed by atoms with Crippen LogP contribution in [0.1, 0.15) is 0 Å². The number of anilines is 1. The van der Waals surface area contributed by atoms with Gasteiger partial charge in [-0.05, 0) is 36.4 Å². The summed E-state index contributed by atoms with van der Waals surface area (Å²) in [5.74, 6) is 0.348. The average Bonchev–Trinajstić information content (AvgIpc) is 3.51. The largest absolute Gasteiger partial charge is 0.301 e. The van der Waals surface area contributed by atoms with E-state index >= 15 is 0 Å². The van der Waals surface area contributed by atoms with Crippen LogP contribution in [0.3, 0.4) is 0 Å². The Morgan fingerprint density at radius 3 is 2.35 bits per heavy atom. The highest BCUT2D eigenvalue weighted by Crippen LogP contribution is 2.29. The van der Waals surface area contributed by atoms with Crippen molar-refractivity contribution in [3.8, 4) is 28.3 Å². The molecular weight excluding hydrogens is 469 g/mol. The zero-order chi connectivity index (χ0) is 23.3. The lowest BCUT2D eigenvalue weighted by molar-refractivity contribution is -0.113. The number of thiazole rings is 1. The van der Waals surface area contributed by atoms with E-state index in [9.17, 15) is 9.18 Å². The fourth-order valence-electron chi connectivity index (χ4n) is 3.32. The van der Waals surface area contributed by atoms with Crippen molar-refractivity contribution in [2.24, 2.45) is 0 Å². The van der Waals surface area contributed by atoms with Crippen LogP contribution in [0.5, 0.6) is 0 Å². The Hall–Kier alpha value is -3.82. The first-order chi connectivity index (χ1) is 16.7. The number of nitrogens with zero attached hydrogens (tertiary/aromatic N) is 4. The second kappa shape index (κ2) is 9.98. The maximum Gasteiger partial charge on any atom is 0.236 e. The van der Waals surface area contributed by atoms with E-state index in [2.05, 4.69) is 20.5 Å². The first-order valence-corrected chi connectivity index (χ1v) is 12.2. The van der Waals surface area contributed by atoms with Crippen LogP contribution in [0.2, 0.25) is 0 Å². The van der Waals surface area contributed by atoms with Crippen LogP contribution in [-0.4, -0.2) is 31.4 Å². The topological polar surface area (TPSA) is 72.7 Å². The molecule has 1 N–H and O–H groups in total. The van der Waals surface area contributed by atoms with E-state index in [1.807, 2.05) is 70.6 Å². The average molecular weight is 488 g/mol. The van der Waals surface area contributed by atoms with Gasteiger partial charge in [0.1, 0.15) is 5.82 Å². The monoisotopic (exact) mass is 487 g/mol. The van der Waals surface area contributed by atoms with Gasteiger partial charge in [-0.3, -0.25) is 9.36 Å². The maximum absolute atomic E-state index is 13.2. The molecule has 5 aromatic rings. The van der Waals surface area contributed by atoms with E-state index in [4.69, 9.17) is 0 Å². The molecule has 0 aliphatic heterocycles. The molecule has 0 saturated carbocycles. The standard InChI is InChI=1S/C25H18FN5OS2/c26-19-13-11-17(12-14-19)21-15-33-24(27-21)28-22(32)16-34-25-30-29-23(18-7-3-1-4-8-18)31(25)20-9-5-2-6-10-20/h1-15H,16H2,(H,27,28,32). The molecule has 0 saturated heterocycles. The highest BCUT2D eigenvalue weighted by atomic mass is 32.2. The first-order valence-electron chi connectivity index (χ1n) is 10.4. The number of halogens is 1. The van der Waals surface area contributed by atoms with Crippen molar-refractivity contribution in [2.75, 3.05) is 11.1 Å². The molecule has 0 spiro atoms. The van der Waals surface area contributed by atoms with E-state index in [1.54, 1.807) is 12.1 Å². The number of hydrogen-bond acceptors (Lipinski definition) is 6. The first kappa shape index (κ1) is 22.0. The summed E-state index contributed by atoms with van der Waals surface area (Å²) in [6.07, 6.45) is 0. The van der Waals surface area contributed by atoms with E-state index in [1.165, 1.54) is 35.2 Å². The molecule has 0 aliphatic carbocycles. The summed E-state index contributed by atoms with van der Waals surface area (Å²) >= 11 is 2.62. The molecule has 0 fully saturated rings. The molecule has 0 atom stereocenters. The minimum Gasteiger partial charge on any atom is -0.301 e. The van der Waals surface area contributed by atoms with E-state index in [-0.39, 0.29) is 17.5 Å². The van der Waals surface area contributed by atoms with Crippen molar-refractivity contribution < 1.29 is 9.18 Å². The number of rotatable bonds is 7. The zero-order valence-corrected chi connectivity index (χ0v) is 19.4. The second-order valence-corrected chi connectivity index (χ2v) is 9.03. The van der Waals surface area contributed by atoms with Crippen LogP contribution in [0, 0.1) is 5.82 Å². The van der Waals surface area contributed by atoms with Gasteiger partial charge < -0.3 is 5.32 Å². The summed E-state index contributed by atoms with van der Waals surface area (Å²) in [7, 11) is 0. The molecule has 6 nitrogen and oxygen atoms in total. The van der Waals surface area contributed by atoms with Crippen LogP contribution in [0.25, 0.3) is 28.3 Å². The number of carbonyl (C=O) groups is 1. The number of carbonyl (C=O) groups excluding carboxylic acids is 1. The van der Waals surface area contributed by atoms with Crippen molar-refractivity contribution in [2.45, 2.75) is 5.16 Å². The number of aromatic nitrogens is 4. The van der Waals surface area contributed by atoms with Crippen LogP contribution in [-0.2, 0) is 4.79 Å². The van der Waals surface area contributed by atoms with E-state index in [0.29, 0.717) is 21.8 Å². The van der Waals surface area contributed by atoms with Crippen molar-refractivity contribution in [1.29, 1.82) is 0 Å². The molecule has 1 amide bonds. The highest BCUT2D eigenvalue weighted by molar-refractivity contribution is 7.99. The predicted molar refractivity (Wildman–Crippen MR) is 134 cm³/mol. The van der Waals surface area contributed by atoms with Crippen LogP contribution >= 0.6 is 23.1 Å². The molecule has 168 valence electrons. The fraction of sp³-hybridized carbons (Fsp3) is 0.0400. The summed E-state index contributed by atoms with van der Waals surface area (Å²) in [6.45, 7) is 0. The Bertz CT molecular complexity index is 1400. The predicted octanol–water partition coefficient (Wildman–Crippen LogP) is 5.93. The smallest absolute Gasteiger partial charge is 0.236 e. The Morgan fingerprint density at radius 1 is 0.912 bits per heavy atom. The van der Waals surface area contributed by atoms with Crippen LogP contribution in [0.15, 0.2) is 95.5 Å². The molecule has 5 rings (SSSR count). The number of benzene rings is 3. The fourth-order valence-corrected chi connectivity index (χ4v) is 4.81. The molecule has 0 bridgehead atoms. The zero-order valence-electron chi connectivity index (χ0n) is 17.8. The van der Waals surface area contributed by atoms with Gasteiger partial charge in [0.25, 0.3) is 0 Å². The van der Waals surface area contributed by atoms with E-state index in [0.717, 1.165) is 16.8 Å². The quantitative estimate of drug-likeness (QED) is 0.288. The molecule has 0 radical (unpaired) electrons. The van der Waals surface area contributed by atoms with Gasteiger partial charge in [-0.2, -0.15) is 0 Å². The van der Waals surface area contributed by atoms with Crippen molar-refractivity contribution in [3.63, 3.8) is 0 Å². The summed E-state index contributed by atoms with van der Waals surface area (Å²) in [5.41, 5.74) is 3.32. The third kappa shape index (κ3) is 4.90. The molecule has 3 aromatic carbocycles. The third-order valence-corrected chi connectivity index (χ3v) is 6.59. The Morgan fingerprint density at radius 2 is 1.62 bits per heavy atom. The number of thioether (sulfide) groups is 1. The Balaban J connectivity index is 1.31.